The molecular weight excluding hydrogens is 636 g/mol. The Morgan fingerprint density at radius 3 is 2.32 bits per heavy atom. The molecule has 0 aromatic heterocycles. The Hall–Kier alpha value is -3.18. The molecule has 0 saturated carbocycles. The van der Waals surface area contributed by atoms with Gasteiger partial charge in [0.15, 0.2) is 4.32 Å². The second-order valence-electron chi connectivity index (χ2n) is 9.77. The van der Waals surface area contributed by atoms with E-state index in [1.807, 2.05) is 0 Å². The highest BCUT2D eigenvalue weighted by Gasteiger charge is 2.37. The summed E-state index contributed by atoms with van der Waals surface area (Å²) in [5.74, 6) is -1.30. The Labute approximate surface area is 257 Å². The molecule has 0 aliphatic carbocycles. The molecule has 238 valence electrons. The number of amides is 1. The van der Waals surface area contributed by atoms with Gasteiger partial charge in [0.25, 0.3) is 5.91 Å². The summed E-state index contributed by atoms with van der Waals surface area (Å²) in [5.41, 5.74) is -0.185. The number of halogens is 6. The molecule has 0 atom stereocenters. The van der Waals surface area contributed by atoms with Gasteiger partial charge in [-0.05, 0) is 54.0 Å². The number of alkyl halides is 6. The number of carbonyl (C=O) groups is 2. The largest absolute Gasteiger partial charge is 0.492 e. The Balaban J connectivity index is 1.67. The van der Waals surface area contributed by atoms with E-state index < -0.39 is 35.4 Å². The van der Waals surface area contributed by atoms with E-state index in [2.05, 4.69) is 10.3 Å². The third-order valence-corrected chi connectivity index (χ3v) is 7.92. The number of carbonyl (C=O) groups excluding carboxylic acids is 1. The van der Waals surface area contributed by atoms with Crippen molar-refractivity contribution in [1.29, 1.82) is 0 Å². The predicted molar refractivity (Wildman–Crippen MR) is 155 cm³/mol. The highest BCUT2D eigenvalue weighted by atomic mass is 32.2. The number of benzene rings is 2. The molecule has 2 N–H and O–H groups in total. The monoisotopic (exact) mass is 663 g/mol. The number of morpholine rings is 1. The summed E-state index contributed by atoms with van der Waals surface area (Å²) in [7, 11) is 0. The Kier molecular flexibility index (Phi) is 10.9. The summed E-state index contributed by atoms with van der Waals surface area (Å²) >= 11 is 6.20. The molecule has 0 spiro atoms. The molecule has 1 amide bonds. The van der Waals surface area contributed by atoms with Gasteiger partial charge in [0.1, 0.15) is 12.4 Å². The summed E-state index contributed by atoms with van der Waals surface area (Å²) in [6.07, 6.45) is -8.53. The standard InChI is InChI=1S/C28H27F6N3O5S2/c29-27(30,31)20-13-18(14-21(16-20)28(32,33)34)17-3-4-22(42-11-8-36-6-9-41-10-7-36)19(12-17)15-23-25(40)37(26(43)44-23)35-5-1-2-24(38)39/h3-4,12-16,35H,1-2,5-11H2,(H,38,39)/b23-15-. The Morgan fingerprint density at radius 2 is 1.70 bits per heavy atom. The van der Waals surface area contributed by atoms with Crippen LogP contribution in [0.3, 0.4) is 0 Å². The molecule has 4 rings (SSSR count). The van der Waals surface area contributed by atoms with Gasteiger partial charge >= 0.3 is 18.3 Å². The molecule has 2 aliphatic rings. The van der Waals surface area contributed by atoms with E-state index in [1.165, 1.54) is 24.3 Å². The number of nitrogens with zero attached hydrogens (tertiary/aromatic N) is 2. The van der Waals surface area contributed by atoms with Crippen molar-refractivity contribution < 1.29 is 50.5 Å². The van der Waals surface area contributed by atoms with E-state index in [0.29, 0.717) is 45.0 Å². The number of nitrogens with one attached hydrogen (secondary N) is 1. The first kappa shape index (κ1) is 33.7. The van der Waals surface area contributed by atoms with Crippen molar-refractivity contribution in [3.8, 4) is 16.9 Å². The van der Waals surface area contributed by atoms with Gasteiger partial charge < -0.3 is 14.6 Å². The van der Waals surface area contributed by atoms with Crippen LogP contribution in [0.4, 0.5) is 26.3 Å². The van der Waals surface area contributed by atoms with Gasteiger partial charge in [0.2, 0.25) is 0 Å². The number of carboxylic acid groups (broad SMARTS) is 1. The number of thiocarbonyl (C=S) groups is 1. The fourth-order valence-corrected chi connectivity index (χ4v) is 5.59. The van der Waals surface area contributed by atoms with Crippen molar-refractivity contribution in [3.05, 3.63) is 58.0 Å². The lowest BCUT2D eigenvalue weighted by atomic mass is 9.97. The molecule has 8 nitrogen and oxygen atoms in total. The van der Waals surface area contributed by atoms with Crippen molar-refractivity contribution in [1.82, 2.24) is 15.3 Å². The van der Waals surface area contributed by atoms with Gasteiger partial charge in [-0.3, -0.25) is 14.5 Å². The molecule has 2 aromatic rings. The zero-order valence-corrected chi connectivity index (χ0v) is 24.6. The fourth-order valence-electron chi connectivity index (χ4n) is 4.38. The van der Waals surface area contributed by atoms with Crippen LogP contribution in [0.1, 0.15) is 29.5 Å². The number of thioether (sulfide) groups is 1. The number of hydrazine groups is 1. The maximum Gasteiger partial charge on any atom is 0.416 e. The lowest BCUT2D eigenvalue weighted by Gasteiger charge is -2.26. The van der Waals surface area contributed by atoms with Crippen LogP contribution < -0.4 is 10.2 Å². The molecule has 0 bridgehead atoms. The number of rotatable bonds is 11. The third-order valence-electron chi connectivity index (χ3n) is 6.62. The fraction of sp³-hybridized carbons (Fsp3) is 0.393. The van der Waals surface area contributed by atoms with E-state index in [9.17, 15) is 35.9 Å². The number of aliphatic carboxylic acids is 1. The predicted octanol–water partition coefficient (Wildman–Crippen LogP) is 5.67. The van der Waals surface area contributed by atoms with Crippen LogP contribution in [-0.2, 0) is 26.7 Å². The van der Waals surface area contributed by atoms with Crippen LogP contribution in [-0.4, -0.2) is 77.2 Å². The Bertz CT molecular complexity index is 1400. The van der Waals surface area contributed by atoms with Crippen LogP contribution in [0, 0.1) is 0 Å². The molecule has 2 saturated heterocycles. The molecule has 2 fully saturated rings. The molecular formula is C28H27F6N3O5S2. The van der Waals surface area contributed by atoms with E-state index in [4.69, 9.17) is 26.8 Å². The lowest BCUT2D eigenvalue weighted by Crippen LogP contribution is -2.41. The van der Waals surface area contributed by atoms with E-state index in [0.717, 1.165) is 16.8 Å². The lowest BCUT2D eigenvalue weighted by molar-refractivity contribution is -0.143. The van der Waals surface area contributed by atoms with Crippen LogP contribution >= 0.6 is 24.0 Å². The molecule has 0 radical (unpaired) electrons. The minimum Gasteiger partial charge on any atom is -0.492 e. The van der Waals surface area contributed by atoms with Gasteiger partial charge in [-0.15, -0.1) is 0 Å². The van der Waals surface area contributed by atoms with Crippen molar-refractivity contribution >= 4 is 46.3 Å². The van der Waals surface area contributed by atoms with E-state index in [-0.39, 0.29) is 63.7 Å². The van der Waals surface area contributed by atoms with Gasteiger partial charge in [0.05, 0.1) is 29.2 Å². The first-order valence-electron chi connectivity index (χ1n) is 13.3. The molecule has 16 heteroatoms. The third kappa shape index (κ3) is 8.94. The van der Waals surface area contributed by atoms with E-state index >= 15 is 0 Å². The van der Waals surface area contributed by atoms with E-state index in [1.54, 1.807) is 0 Å². The minimum absolute atomic E-state index is 0.0376. The smallest absolute Gasteiger partial charge is 0.416 e. The summed E-state index contributed by atoms with van der Waals surface area (Å²) in [6, 6.07) is 5.46. The second kappa shape index (κ2) is 14.3. The molecule has 44 heavy (non-hydrogen) atoms. The number of hydrogen-bond acceptors (Lipinski definition) is 8. The van der Waals surface area contributed by atoms with Crippen molar-refractivity contribution in [2.45, 2.75) is 25.2 Å². The number of carboxylic acids is 1. The summed E-state index contributed by atoms with van der Waals surface area (Å²) in [4.78, 5) is 26.1. The Morgan fingerprint density at radius 1 is 1.05 bits per heavy atom. The first-order chi connectivity index (χ1) is 20.7. The van der Waals surface area contributed by atoms with Gasteiger partial charge in [-0.1, -0.05) is 30.0 Å². The van der Waals surface area contributed by atoms with Crippen LogP contribution in [0.2, 0.25) is 0 Å². The number of ether oxygens (including phenoxy) is 2. The van der Waals surface area contributed by atoms with Crippen molar-refractivity contribution in [3.63, 3.8) is 0 Å². The zero-order valence-electron chi connectivity index (χ0n) is 23.0. The van der Waals surface area contributed by atoms with Gasteiger partial charge in [-0.25, -0.2) is 10.4 Å². The summed E-state index contributed by atoms with van der Waals surface area (Å²) < 4.78 is 92.6. The topological polar surface area (TPSA) is 91.3 Å². The molecule has 2 aromatic carbocycles. The maximum absolute atomic E-state index is 13.5. The molecule has 2 aliphatic heterocycles. The van der Waals surface area contributed by atoms with Crippen LogP contribution in [0.25, 0.3) is 17.2 Å². The zero-order chi connectivity index (χ0) is 32.1. The highest BCUT2D eigenvalue weighted by Crippen LogP contribution is 2.40. The van der Waals surface area contributed by atoms with Crippen molar-refractivity contribution in [2.24, 2.45) is 0 Å². The second-order valence-corrected chi connectivity index (χ2v) is 11.4. The quantitative estimate of drug-likeness (QED) is 0.137. The minimum atomic E-state index is -5.02. The summed E-state index contributed by atoms with van der Waals surface area (Å²) in [6.45, 7) is 3.45. The SMILES string of the molecule is O=C(O)CCCNN1C(=O)/C(=C/c2cc(-c3cc(C(F)(F)F)cc(C(F)(F)F)c3)ccc2OCCN2CCOCC2)SC1=S. The van der Waals surface area contributed by atoms with Crippen LogP contribution in [0.5, 0.6) is 5.75 Å². The number of hydrogen-bond donors (Lipinski definition) is 2. The molecule has 0 unspecified atom stereocenters. The normalized spacial score (nSPS) is 17.5. The highest BCUT2D eigenvalue weighted by molar-refractivity contribution is 8.26. The van der Waals surface area contributed by atoms with Gasteiger partial charge in [0, 0.05) is 38.2 Å². The van der Waals surface area contributed by atoms with Crippen molar-refractivity contribution in [2.75, 3.05) is 46.0 Å². The maximum atomic E-state index is 13.5. The van der Waals surface area contributed by atoms with Gasteiger partial charge in [-0.2, -0.15) is 26.3 Å². The average molecular weight is 664 g/mol. The summed E-state index contributed by atoms with van der Waals surface area (Å²) in [5, 5.41) is 9.90. The molecule has 2 heterocycles. The van der Waals surface area contributed by atoms with Crippen LogP contribution in [0.15, 0.2) is 41.3 Å². The average Bonchev–Trinajstić information content (AvgIpc) is 3.22. The first-order valence-corrected chi connectivity index (χ1v) is 14.5.